The number of nitrogens with one attached hydrogen (secondary N) is 2. The number of aromatic hydroxyl groups is 1. The fraction of sp³-hybridized carbons (Fsp3) is 0.758. The summed E-state index contributed by atoms with van der Waals surface area (Å²) in [4.78, 5) is 31.6. The molecule has 2 aromatic rings. The summed E-state index contributed by atoms with van der Waals surface area (Å²) in [5, 5.41) is 55.2. The Kier molecular flexibility index (Phi) is 14.5. The molecule has 76 heavy (non-hydrogen) atoms. The number of epoxide rings is 1. The van der Waals surface area contributed by atoms with Gasteiger partial charge in [-0.05, 0) is 221 Å². The number of Topliss-reactive ketones (excluding diaryl/α,β-unsaturated/α-hetero) is 2. The molecule has 418 valence electrons. The summed E-state index contributed by atoms with van der Waals surface area (Å²) >= 11 is 0. The van der Waals surface area contributed by atoms with Crippen LogP contribution in [0.2, 0.25) is 0 Å². The molecule has 8 N–H and O–H groups in total. The summed E-state index contributed by atoms with van der Waals surface area (Å²) in [6.45, 7) is 16.8. The molecule has 9 aliphatic rings. The summed E-state index contributed by atoms with van der Waals surface area (Å²) in [6.07, 6.45) is 16.9. The molecule has 18 unspecified atom stereocenters. The topological polar surface area (TPSA) is 178 Å². The molecule has 2 aromatic carbocycles. The van der Waals surface area contributed by atoms with E-state index in [0.717, 1.165) is 106 Å². The van der Waals surface area contributed by atoms with Gasteiger partial charge < -0.3 is 41.5 Å². The van der Waals surface area contributed by atoms with Gasteiger partial charge in [0.15, 0.2) is 5.78 Å². The van der Waals surface area contributed by atoms with Gasteiger partial charge in [0, 0.05) is 54.6 Å². The highest BCUT2D eigenvalue weighted by molar-refractivity contribution is 6.01. The average Bonchev–Trinajstić information content (AvgIpc) is 3.79. The number of phenolic OH excluding ortho intramolecular Hbond substituents is 1. The summed E-state index contributed by atoms with van der Waals surface area (Å²) in [5.41, 5.74) is 10.7. The minimum absolute atomic E-state index is 0.00250. The zero-order chi connectivity index (χ0) is 53.9. The average molecular weight is 1040 g/mol. The van der Waals surface area contributed by atoms with Gasteiger partial charge in [0.1, 0.15) is 17.6 Å². The molecule has 2 aliphatic heterocycles. The van der Waals surface area contributed by atoms with Gasteiger partial charge >= 0.3 is 0 Å². The van der Waals surface area contributed by atoms with Crippen molar-refractivity contribution in [2.24, 2.45) is 69.0 Å². The van der Waals surface area contributed by atoms with Crippen molar-refractivity contribution < 1.29 is 34.8 Å². The maximum absolute atomic E-state index is 15.9. The molecule has 0 spiro atoms. The van der Waals surface area contributed by atoms with Crippen molar-refractivity contribution in [3.8, 4) is 5.75 Å². The number of phenols is 1. The van der Waals surface area contributed by atoms with Crippen LogP contribution in [0, 0.1) is 69.0 Å². The molecule has 0 aromatic heterocycles. The lowest BCUT2D eigenvalue weighted by Gasteiger charge is -2.72. The Morgan fingerprint density at radius 2 is 1.62 bits per heavy atom. The van der Waals surface area contributed by atoms with Crippen LogP contribution in [0.4, 0.5) is 5.69 Å². The van der Waals surface area contributed by atoms with E-state index in [1.165, 1.54) is 29.5 Å². The van der Waals surface area contributed by atoms with Crippen molar-refractivity contribution in [3.05, 3.63) is 69.8 Å². The first-order chi connectivity index (χ1) is 36.1. The third kappa shape index (κ3) is 8.93. The number of allylic oxidation sites excluding steroid dienone is 2. The minimum atomic E-state index is -0.921. The summed E-state index contributed by atoms with van der Waals surface area (Å²) in [6, 6.07) is 12.3. The number of aliphatic hydroxyl groups is 3. The van der Waals surface area contributed by atoms with Crippen molar-refractivity contribution in [2.75, 3.05) is 25.9 Å². The zero-order valence-electron chi connectivity index (χ0n) is 47.8. The van der Waals surface area contributed by atoms with E-state index in [1.54, 1.807) is 6.07 Å². The Morgan fingerprint density at radius 1 is 0.855 bits per heavy atom. The molecule has 18 atom stereocenters. The number of carbonyl (C=O) groups excluding carboxylic acids is 2. The first-order valence-electron chi connectivity index (χ1n) is 30.7. The highest BCUT2D eigenvalue weighted by Crippen LogP contribution is 2.77. The van der Waals surface area contributed by atoms with Gasteiger partial charge in [0.05, 0.1) is 17.3 Å². The lowest BCUT2D eigenvalue weighted by Crippen LogP contribution is -2.71. The minimum Gasteiger partial charge on any atom is -0.508 e. The Labute approximate surface area is 456 Å². The standard InChI is InChI=1S/C66H97N3O7/c1-38(2)26-39-27-42(31-44(67)29-39)46-16-13-17-50(46)65(7)60(76-65)57(73)48-19-18-41-14-9-10-15-47(41)55(48)56-51-20-21-54-63(5)33-49(43-28-40(36-68-8)30-45(71)32-43)59(74)62(4)23-12-11-22-61(3,75)37-69-52(58(62)63)34-66(54,24-25-70)64(51,6)35-53(56)72/h27-32,38,41,46-50,52,54-55,57-58,60,68-71,73,75H,9-26,33-37,67H2,1-8H3. The van der Waals surface area contributed by atoms with E-state index in [-0.39, 0.29) is 65.7 Å². The normalized spacial score (nSPS) is 43.8. The molecule has 2 saturated heterocycles. The van der Waals surface area contributed by atoms with Crippen LogP contribution in [-0.4, -0.2) is 81.6 Å². The summed E-state index contributed by atoms with van der Waals surface area (Å²) < 4.78 is 6.95. The third-order valence-corrected chi connectivity index (χ3v) is 23.8. The van der Waals surface area contributed by atoms with Gasteiger partial charge in [-0.15, -0.1) is 0 Å². The zero-order valence-corrected chi connectivity index (χ0v) is 47.8. The van der Waals surface area contributed by atoms with Gasteiger partial charge in [-0.1, -0.05) is 90.8 Å². The number of β-amino-alcohol motifs (C(OH)–C–C–N with tert-alkyl or cyclic N) is 1. The molecule has 0 amide bonds. The first-order valence-corrected chi connectivity index (χ1v) is 30.7. The maximum atomic E-state index is 15.9. The second-order valence-corrected chi connectivity index (χ2v) is 28.9. The molecule has 7 aliphatic carbocycles. The van der Waals surface area contributed by atoms with Crippen LogP contribution in [0.3, 0.4) is 0 Å². The number of anilines is 1. The summed E-state index contributed by atoms with van der Waals surface area (Å²) in [7, 11) is 1.90. The van der Waals surface area contributed by atoms with Crippen molar-refractivity contribution in [1.82, 2.24) is 10.6 Å². The number of fused-ring (bicyclic) bond motifs is 5. The molecule has 6 saturated carbocycles. The number of aliphatic hydroxyl groups excluding tert-OH is 2. The highest BCUT2D eigenvalue weighted by Gasteiger charge is 2.74. The lowest BCUT2D eigenvalue weighted by molar-refractivity contribution is -0.208. The quantitative estimate of drug-likeness (QED) is 0.0800. The fourth-order valence-corrected chi connectivity index (χ4v) is 20.9. The van der Waals surface area contributed by atoms with Crippen LogP contribution in [-0.2, 0) is 27.3 Å². The number of ether oxygens (including phenoxy) is 1. The molecule has 8 fully saturated rings. The molecule has 2 heterocycles. The first kappa shape index (κ1) is 54.8. The largest absolute Gasteiger partial charge is 0.508 e. The monoisotopic (exact) mass is 1040 g/mol. The Hall–Kier alpha value is -3.12. The van der Waals surface area contributed by atoms with Gasteiger partial charge in [0.25, 0.3) is 0 Å². The molecular formula is C66H97N3O7. The van der Waals surface area contributed by atoms with Crippen LogP contribution >= 0.6 is 0 Å². The Bertz CT molecular complexity index is 2580. The van der Waals surface area contributed by atoms with Crippen molar-refractivity contribution in [2.45, 2.75) is 225 Å². The van der Waals surface area contributed by atoms with Gasteiger partial charge in [0.2, 0.25) is 0 Å². The number of nitrogen functional groups attached to an aromatic ring is 1. The molecule has 10 heteroatoms. The van der Waals surface area contributed by atoms with Crippen LogP contribution in [0.25, 0.3) is 0 Å². The van der Waals surface area contributed by atoms with E-state index in [2.05, 4.69) is 76.4 Å². The van der Waals surface area contributed by atoms with E-state index in [1.807, 2.05) is 20.0 Å². The number of rotatable bonds is 12. The van der Waals surface area contributed by atoms with Crippen molar-refractivity contribution in [3.63, 3.8) is 0 Å². The fourth-order valence-electron chi connectivity index (χ4n) is 20.9. The van der Waals surface area contributed by atoms with Crippen LogP contribution in [0.15, 0.2) is 47.5 Å². The van der Waals surface area contributed by atoms with Crippen molar-refractivity contribution in [1.29, 1.82) is 0 Å². The van der Waals surface area contributed by atoms with E-state index >= 15 is 9.59 Å². The second-order valence-electron chi connectivity index (χ2n) is 28.9. The number of carbonyl (C=O) groups is 2. The van der Waals surface area contributed by atoms with Crippen LogP contribution in [0.1, 0.15) is 205 Å². The third-order valence-electron chi connectivity index (χ3n) is 23.8. The Balaban J connectivity index is 0.987. The van der Waals surface area contributed by atoms with Crippen LogP contribution < -0.4 is 16.4 Å². The lowest BCUT2D eigenvalue weighted by atomic mass is 9.33. The van der Waals surface area contributed by atoms with Gasteiger partial charge in [-0.2, -0.15) is 0 Å². The number of hydrogen-bond donors (Lipinski definition) is 7. The molecule has 0 bridgehead atoms. The highest BCUT2D eigenvalue weighted by atomic mass is 16.6. The number of benzene rings is 2. The number of ketones is 2. The van der Waals surface area contributed by atoms with E-state index in [9.17, 15) is 20.4 Å². The molecule has 10 nitrogen and oxygen atoms in total. The predicted molar refractivity (Wildman–Crippen MR) is 300 cm³/mol. The molecule has 11 rings (SSSR count). The smallest absolute Gasteiger partial charge is 0.160 e. The predicted octanol–water partition coefficient (Wildman–Crippen LogP) is 11.3. The number of hydrogen-bond acceptors (Lipinski definition) is 10. The summed E-state index contributed by atoms with van der Waals surface area (Å²) in [5.74, 6) is 2.17. The second kappa shape index (κ2) is 20.1. The SMILES string of the molecule is CNCc1cc(O)cc(C2CC3(C)C4C(CC5(CCO)C3CCC3=C(C6C7CCCCC7CCC6C(O)C6OC6(C)C6CCCC6c6cc(N)cc(CC(C)C)c6)C(=O)CC35C)NCC(C)(O)CCCCC4(C)C2=O)c1. The molecular weight excluding hydrogens is 947 g/mol. The molecule has 0 radical (unpaired) electrons. The van der Waals surface area contributed by atoms with E-state index in [4.69, 9.17) is 10.5 Å². The number of nitrogens with two attached hydrogens (primary N) is 1. The van der Waals surface area contributed by atoms with E-state index in [0.29, 0.717) is 68.9 Å². The van der Waals surface area contributed by atoms with Crippen molar-refractivity contribution >= 4 is 17.3 Å². The van der Waals surface area contributed by atoms with E-state index < -0.39 is 44.9 Å². The van der Waals surface area contributed by atoms with Gasteiger partial charge in [-0.3, -0.25) is 9.59 Å². The van der Waals surface area contributed by atoms with Gasteiger partial charge in [-0.25, -0.2) is 0 Å². The van der Waals surface area contributed by atoms with Crippen LogP contribution in [0.5, 0.6) is 5.75 Å². The Morgan fingerprint density at radius 3 is 2.38 bits per heavy atom. The maximum Gasteiger partial charge on any atom is 0.160 e.